The van der Waals surface area contributed by atoms with Crippen molar-refractivity contribution in [3.63, 3.8) is 0 Å². The van der Waals surface area contributed by atoms with Gasteiger partial charge < -0.3 is 48.3 Å². The number of ether oxygens (including phenoxy) is 7. The summed E-state index contributed by atoms with van der Waals surface area (Å²) < 4.78 is 41.3. The van der Waals surface area contributed by atoms with Gasteiger partial charge >= 0.3 is 0 Å². The summed E-state index contributed by atoms with van der Waals surface area (Å²) in [7, 11) is 4.80. The van der Waals surface area contributed by atoms with Crippen LogP contribution < -0.4 is 39.0 Å². The number of methoxy groups -OCH3 is 3. The van der Waals surface area contributed by atoms with Crippen molar-refractivity contribution < 1.29 is 42.7 Å². The smallest absolute Gasteiger partial charge is 0.261 e. The molecule has 0 saturated heterocycles. The minimum Gasteiger partial charge on any atom is -0.493 e. The lowest BCUT2D eigenvalue weighted by atomic mass is 10.1. The van der Waals surface area contributed by atoms with E-state index in [0.29, 0.717) is 105 Å². The van der Waals surface area contributed by atoms with E-state index in [1.54, 1.807) is 39.5 Å². The Bertz CT molecular complexity index is 2690. The molecule has 0 aliphatic carbocycles. The second-order valence-corrected chi connectivity index (χ2v) is 19.2. The summed E-state index contributed by atoms with van der Waals surface area (Å²) in [5.74, 6) is 1.62. The van der Waals surface area contributed by atoms with Gasteiger partial charge in [0.05, 0.1) is 81.8 Å². The van der Waals surface area contributed by atoms with Gasteiger partial charge in [-0.2, -0.15) is 12.6 Å². The average molecular weight is 942 g/mol. The summed E-state index contributed by atoms with van der Waals surface area (Å²) in [5.41, 5.74) is 8.97. The Hall–Kier alpha value is -6.26. The Morgan fingerprint density at radius 3 is 1.99 bits per heavy atom. The number of benzene rings is 5. The number of anilines is 4. The highest BCUT2D eigenvalue weighted by Gasteiger charge is 2.39. The first kappa shape index (κ1) is 46.8. The maximum Gasteiger partial charge on any atom is 0.261 e. The number of thiol groups is 1. The van der Waals surface area contributed by atoms with Crippen LogP contribution in [-0.4, -0.2) is 109 Å². The van der Waals surface area contributed by atoms with Crippen LogP contribution in [0.5, 0.6) is 23.0 Å². The molecule has 0 unspecified atom stereocenters. The van der Waals surface area contributed by atoms with Crippen molar-refractivity contribution in [1.82, 2.24) is 0 Å². The maximum absolute atomic E-state index is 14.1. The van der Waals surface area contributed by atoms with Crippen molar-refractivity contribution in [2.24, 2.45) is 4.99 Å². The lowest BCUT2D eigenvalue weighted by Crippen LogP contribution is -2.39. The number of carbonyl (C=O) groups excluding carboxylic acids is 2. The van der Waals surface area contributed by atoms with E-state index in [9.17, 15) is 9.59 Å². The first-order chi connectivity index (χ1) is 33.0. The number of nitrogens with zero attached hydrogens (tertiary/aromatic N) is 4. The van der Waals surface area contributed by atoms with E-state index in [1.165, 1.54) is 0 Å². The normalized spacial score (nSPS) is 16.7. The maximum atomic E-state index is 14.1. The third kappa shape index (κ3) is 10.1. The standard InChI is InChI=1S/C53H59N5O9S/c1-53(2,68)33-56(14-15-64-18-19-65-17-16-61-3)38-21-34(31-66-49-27-43-41(25-47(49)62-4)51(59)57-39(29-54-43)23-36-10-6-8-12-45(36)57)20-35(22-38)32-67-50-28-44-42(26-48(50)63-5)52(60)58-40(30-55-44)24-37-11-7-9-13-46(37)58/h6-13,20-22,25-29,39-40,55,68H,14-19,23-24,30-33H2,1-5H3/t39-,40+/m1/s1. The Balaban J connectivity index is 0.986. The van der Waals surface area contributed by atoms with E-state index in [2.05, 4.69) is 54.4 Å². The van der Waals surface area contributed by atoms with Crippen LogP contribution in [0.1, 0.15) is 56.8 Å². The topological polar surface area (TPSA) is 133 Å². The summed E-state index contributed by atoms with van der Waals surface area (Å²) >= 11 is 4.94. The number of hydrogen-bond acceptors (Lipinski definition) is 13. The highest BCUT2D eigenvalue weighted by atomic mass is 32.1. The SMILES string of the molecule is COCCOCCOCCN(CC(C)(C)S)c1cc(COc2cc3c(cc2OC)C(=O)N2c4ccccc4C[C@@H]2C=N3)cc(COc2cc3c(cc2OC)C(=O)N2c4ccccc4C[C@H]2CN3)c1. The molecule has 356 valence electrons. The highest BCUT2D eigenvalue weighted by molar-refractivity contribution is 7.81. The van der Waals surface area contributed by atoms with Gasteiger partial charge in [-0.15, -0.1) is 0 Å². The molecule has 0 aromatic heterocycles. The van der Waals surface area contributed by atoms with Gasteiger partial charge in [-0.05, 0) is 85.0 Å². The molecule has 0 radical (unpaired) electrons. The number of nitrogens with one attached hydrogen (secondary N) is 1. The second-order valence-electron chi connectivity index (χ2n) is 18.0. The van der Waals surface area contributed by atoms with E-state index >= 15 is 0 Å². The van der Waals surface area contributed by atoms with Crippen LogP contribution >= 0.6 is 12.6 Å². The van der Waals surface area contributed by atoms with Crippen molar-refractivity contribution in [1.29, 1.82) is 0 Å². The molecule has 5 aromatic carbocycles. The number of para-hydroxylation sites is 2. The number of rotatable bonds is 20. The Morgan fingerprint density at radius 2 is 1.31 bits per heavy atom. The molecule has 0 fully saturated rings. The van der Waals surface area contributed by atoms with Gasteiger partial charge in [0.25, 0.3) is 11.8 Å². The number of hydrogen-bond donors (Lipinski definition) is 2. The molecule has 9 rings (SSSR count). The Labute approximate surface area is 403 Å². The lowest BCUT2D eigenvalue weighted by molar-refractivity contribution is 0.0264. The molecule has 0 spiro atoms. The van der Waals surface area contributed by atoms with Gasteiger partial charge in [-0.1, -0.05) is 36.4 Å². The zero-order valence-corrected chi connectivity index (χ0v) is 40.2. The molecule has 2 atom stereocenters. The molecule has 15 heteroatoms. The van der Waals surface area contributed by atoms with Gasteiger partial charge in [0.2, 0.25) is 0 Å². The van der Waals surface area contributed by atoms with Crippen LogP contribution in [0.2, 0.25) is 0 Å². The zero-order chi connectivity index (χ0) is 47.4. The van der Waals surface area contributed by atoms with Crippen LogP contribution in [0.3, 0.4) is 0 Å². The van der Waals surface area contributed by atoms with Gasteiger partial charge in [0.1, 0.15) is 13.2 Å². The molecular formula is C53H59N5O9S. The van der Waals surface area contributed by atoms with E-state index < -0.39 is 0 Å². The summed E-state index contributed by atoms with van der Waals surface area (Å²) in [4.78, 5) is 39.0. The summed E-state index contributed by atoms with van der Waals surface area (Å²) in [5, 5.41) is 3.53. The fraction of sp³-hybridized carbons (Fsp3) is 0.377. The molecule has 0 saturated carbocycles. The fourth-order valence-electron chi connectivity index (χ4n) is 9.42. The molecule has 5 aromatic rings. The number of aliphatic imine (C=N–C) groups is 1. The number of carbonyl (C=O) groups is 2. The molecule has 2 amide bonds. The molecule has 4 heterocycles. The van der Waals surface area contributed by atoms with Crippen LogP contribution in [0.15, 0.2) is 96.0 Å². The van der Waals surface area contributed by atoms with Crippen molar-refractivity contribution in [2.45, 2.75) is 56.7 Å². The third-order valence-electron chi connectivity index (χ3n) is 12.6. The van der Waals surface area contributed by atoms with Crippen molar-refractivity contribution in [3.8, 4) is 23.0 Å². The van der Waals surface area contributed by atoms with Gasteiger partial charge in [-0.3, -0.25) is 19.5 Å². The van der Waals surface area contributed by atoms with Crippen LogP contribution in [-0.2, 0) is 40.3 Å². The van der Waals surface area contributed by atoms with Gasteiger partial charge in [-0.25, -0.2) is 0 Å². The Kier molecular flexibility index (Phi) is 14.1. The summed E-state index contributed by atoms with van der Waals surface area (Å²) in [6.07, 6.45) is 3.33. The molecule has 0 bridgehead atoms. The van der Waals surface area contributed by atoms with Crippen molar-refractivity contribution >= 4 is 59.1 Å². The zero-order valence-electron chi connectivity index (χ0n) is 39.3. The number of fused-ring (bicyclic) bond motifs is 8. The molecule has 4 aliphatic heterocycles. The number of amides is 2. The average Bonchev–Trinajstić information content (AvgIpc) is 3.83. The second kappa shape index (κ2) is 20.5. The van der Waals surface area contributed by atoms with E-state index in [0.717, 1.165) is 45.7 Å². The minimum atomic E-state index is -0.354. The Morgan fingerprint density at radius 1 is 0.706 bits per heavy atom. The third-order valence-corrected chi connectivity index (χ3v) is 12.7. The van der Waals surface area contributed by atoms with Crippen molar-refractivity contribution in [2.75, 3.05) is 94.0 Å². The van der Waals surface area contributed by atoms with Gasteiger partial charge in [0, 0.05) is 73.3 Å². The monoisotopic (exact) mass is 941 g/mol. The quantitative estimate of drug-likeness (QED) is 0.0577. The van der Waals surface area contributed by atoms with E-state index in [-0.39, 0.29) is 41.9 Å². The summed E-state index contributed by atoms with van der Waals surface area (Å²) in [6, 6.07) is 29.3. The summed E-state index contributed by atoms with van der Waals surface area (Å²) in [6.45, 7) is 8.72. The molecule has 4 aliphatic rings. The van der Waals surface area contributed by atoms with Crippen LogP contribution in [0.25, 0.3) is 0 Å². The highest BCUT2D eigenvalue weighted by Crippen LogP contribution is 2.43. The first-order valence-corrected chi connectivity index (χ1v) is 23.5. The van der Waals surface area contributed by atoms with Crippen LogP contribution in [0, 0.1) is 0 Å². The predicted molar refractivity (Wildman–Crippen MR) is 268 cm³/mol. The minimum absolute atomic E-state index is 0.00675. The van der Waals surface area contributed by atoms with Gasteiger partial charge in [0.15, 0.2) is 23.0 Å². The van der Waals surface area contributed by atoms with Crippen LogP contribution in [0.4, 0.5) is 28.4 Å². The van der Waals surface area contributed by atoms with Crippen molar-refractivity contribution in [3.05, 3.63) is 124 Å². The van der Waals surface area contributed by atoms with E-state index in [1.807, 2.05) is 58.5 Å². The first-order valence-electron chi connectivity index (χ1n) is 23.1. The predicted octanol–water partition coefficient (Wildman–Crippen LogP) is 8.34. The lowest BCUT2D eigenvalue weighted by Gasteiger charge is -2.32. The molecular weight excluding hydrogens is 883 g/mol. The molecule has 68 heavy (non-hydrogen) atoms. The van der Waals surface area contributed by atoms with E-state index in [4.69, 9.17) is 50.8 Å². The molecule has 1 N–H and O–H groups in total. The largest absolute Gasteiger partial charge is 0.493 e. The molecule has 14 nitrogen and oxygen atoms in total. The fourth-order valence-corrected chi connectivity index (χ4v) is 9.59.